The van der Waals surface area contributed by atoms with Gasteiger partial charge in [-0.15, -0.1) is 0 Å². The Balaban J connectivity index is 2.83. The van der Waals surface area contributed by atoms with Gasteiger partial charge in [-0.2, -0.15) is 10.2 Å². The summed E-state index contributed by atoms with van der Waals surface area (Å²) >= 11 is 2.49. The lowest BCUT2D eigenvalue weighted by Crippen LogP contribution is -2.37. The summed E-state index contributed by atoms with van der Waals surface area (Å²) in [6.45, 7) is 8.98. The third kappa shape index (κ3) is 2.76. The van der Waals surface area contributed by atoms with E-state index >= 15 is 0 Å². The molecule has 0 radical (unpaired) electrons. The monoisotopic (exact) mass is 292 g/mol. The summed E-state index contributed by atoms with van der Waals surface area (Å²) in [6, 6.07) is 0. The fourth-order valence-electron chi connectivity index (χ4n) is 1.64. The van der Waals surface area contributed by atoms with Crippen LogP contribution in [0.2, 0.25) is 0 Å². The molecule has 0 N–H and O–H groups in total. The van der Waals surface area contributed by atoms with Crippen LogP contribution in [-0.4, -0.2) is 15.9 Å². The molecule has 1 aliphatic rings. The van der Waals surface area contributed by atoms with Crippen molar-refractivity contribution in [2.45, 2.75) is 31.1 Å². The molecular formula is C10H17IN2. The van der Waals surface area contributed by atoms with Gasteiger partial charge >= 0.3 is 0 Å². The molecule has 0 aliphatic carbocycles. The van der Waals surface area contributed by atoms with Gasteiger partial charge in [-0.05, 0) is 5.92 Å². The van der Waals surface area contributed by atoms with E-state index in [1.54, 1.807) is 0 Å². The third-order valence-corrected chi connectivity index (χ3v) is 3.23. The average Bonchev–Trinajstić information content (AvgIpc) is 2.03. The summed E-state index contributed by atoms with van der Waals surface area (Å²) < 4.78 is 0.253. The van der Waals surface area contributed by atoms with Crippen molar-refractivity contribution in [2.75, 3.05) is 0 Å². The molecule has 1 aliphatic heterocycles. The van der Waals surface area contributed by atoms with Crippen LogP contribution in [0.5, 0.6) is 0 Å². The Bertz CT molecular complexity index is 226. The van der Waals surface area contributed by atoms with Crippen LogP contribution < -0.4 is 0 Å². The first-order chi connectivity index (χ1) is 5.93. The van der Waals surface area contributed by atoms with Crippen molar-refractivity contribution >= 4 is 35.0 Å². The number of hydrogen-bond donors (Lipinski definition) is 0. The largest absolute Gasteiger partial charge is 0.164 e. The summed E-state index contributed by atoms with van der Waals surface area (Å²) in [5.74, 6) is 1.67. The van der Waals surface area contributed by atoms with Crippen LogP contribution in [-0.2, 0) is 0 Å². The standard InChI is InChI=1S/C10H17IN2/c1-7(2)8-5-12-13-6-9(8)10(3,4)11/h5-9H,1-4H3. The zero-order valence-corrected chi connectivity index (χ0v) is 10.8. The van der Waals surface area contributed by atoms with E-state index in [4.69, 9.17) is 0 Å². The summed E-state index contributed by atoms with van der Waals surface area (Å²) in [5.41, 5.74) is 0. The van der Waals surface area contributed by atoms with Crippen LogP contribution in [0, 0.1) is 17.8 Å². The maximum atomic E-state index is 4.00. The van der Waals surface area contributed by atoms with Crippen LogP contribution >= 0.6 is 22.6 Å². The number of rotatable bonds is 2. The topological polar surface area (TPSA) is 24.7 Å². The normalized spacial score (nSPS) is 28.5. The minimum absolute atomic E-state index is 0.253. The lowest BCUT2D eigenvalue weighted by Gasteiger charge is -2.34. The molecule has 0 spiro atoms. The fraction of sp³-hybridized carbons (Fsp3) is 0.800. The lowest BCUT2D eigenvalue weighted by atomic mass is 9.78. The van der Waals surface area contributed by atoms with Crippen molar-refractivity contribution in [2.24, 2.45) is 28.0 Å². The SMILES string of the molecule is CC(C)C1C=NN=CC1C(C)(C)I. The molecule has 1 heterocycles. The van der Waals surface area contributed by atoms with Crippen LogP contribution in [0.25, 0.3) is 0 Å². The van der Waals surface area contributed by atoms with E-state index in [-0.39, 0.29) is 3.42 Å². The fourth-order valence-corrected chi connectivity index (χ4v) is 2.22. The molecule has 74 valence electrons. The second kappa shape index (κ2) is 4.07. The van der Waals surface area contributed by atoms with Gasteiger partial charge in [0.05, 0.1) is 0 Å². The van der Waals surface area contributed by atoms with Gasteiger partial charge in [0.15, 0.2) is 0 Å². The van der Waals surface area contributed by atoms with Crippen molar-refractivity contribution in [1.29, 1.82) is 0 Å². The van der Waals surface area contributed by atoms with Gasteiger partial charge in [0.2, 0.25) is 0 Å². The summed E-state index contributed by atoms with van der Waals surface area (Å²) in [7, 11) is 0. The lowest BCUT2D eigenvalue weighted by molar-refractivity contribution is 0.374. The molecule has 0 fully saturated rings. The average molecular weight is 292 g/mol. The van der Waals surface area contributed by atoms with E-state index in [1.165, 1.54) is 0 Å². The van der Waals surface area contributed by atoms with E-state index in [0.29, 0.717) is 17.8 Å². The Morgan fingerprint density at radius 2 is 1.77 bits per heavy atom. The van der Waals surface area contributed by atoms with Gasteiger partial charge in [0.1, 0.15) is 0 Å². The van der Waals surface area contributed by atoms with Crippen molar-refractivity contribution in [3.63, 3.8) is 0 Å². The van der Waals surface area contributed by atoms with Crippen molar-refractivity contribution < 1.29 is 0 Å². The van der Waals surface area contributed by atoms with Crippen LogP contribution in [0.4, 0.5) is 0 Å². The summed E-state index contributed by atoms with van der Waals surface area (Å²) in [5, 5.41) is 7.98. The number of hydrogen-bond acceptors (Lipinski definition) is 2. The molecule has 13 heavy (non-hydrogen) atoms. The highest BCUT2D eigenvalue weighted by Crippen LogP contribution is 2.35. The smallest absolute Gasteiger partial charge is 0.0320 e. The first kappa shape index (κ1) is 11.1. The van der Waals surface area contributed by atoms with Crippen LogP contribution in [0.15, 0.2) is 10.2 Å². The summed E-state index contributed by atoms with van der Waals surface area (Å²) in [6.07, 6.45) is 3.99. The first-order valence-electron chi connectivity index (χ1n) is 4.68. The molecule has 0 saturated heterocycles. The number of halogens is 1. The minimum atomic E-state index is 0.253. The first-order valence-corrected chi connectivity index (χ1v) is 5.76. The molecule has 2 atom stereocenters. The Labute approximate surface area is 94.0 Å². The molecular weight excluding hydrogens is 275 g/mol. The zero-order valence-electron chi connectivity index (χ0n) is 8.66. The van der Waals surface area contributed by atoms with Crippen LogP contribution in [0.1, 0.15) is 27.7 Å². The third-order valence-electron chi connectivity index (χ3n) is 2.51. The maximum Gasteiger partial charge on any atom is 0.0320 e. The van der Waals surface area contributed by atoms with Gasteiger partial charge in [-0.1, -0.05) is 50.3 Å². The number of alkyl halides is 1. The Hall–Kier alpha value is 0.0700. The molecule has 0 bridgehead atoms. The Morgan fingerprint density at radius 3 is 2.15 bits per heavy atom. The molecule has 0 amide bonds. The van der Waals surface area contributed by atoms with Gasteiger partial charge in [-0.25, -0.2) is 0 Å². The molecule has 3 heteroatoms. The van der Waals surface area contributed by atoms with Gasteiger partial charge in [0.25, 0.3) is 0 Å². The highest BCUT2D eigenvalue weighted by atomic mass is 127. The predicted molar refractivity (Wildman–Crippen MR) is 66.9 cm³/mol. The predicted octanol–water partition coefficient (Wildman–Crippen LogP) is 3.16. The van der Waals surface area contributed by atoms with Gasteiger partial charge in [-0.3, -0.25) is 0 Å². The van der Waals surface area contributed by atoms with E-state index in [1.807, 2.05) is 12.4 Å². The molecule has 0 aromatic rings. The molecule has 2 nitrogen and oxygen atoms in total. The van der Waals surface area contributed by atoms with Crippen molar-refractivity contribution in [1.82, 2.24) is 0 Å². The van der Waals surface area contributed by atoms with Gasteiger partial charge < -0.3 is 0 Å². The van der Waals surface area contributed by atoms with Crippen molar-refractivity contribution in [3.8, 4) is 0 Å². The maximum absolute atomic E-state index is 4.00. The number of nitrogens with zero attached hydrogens (tertiary/aromatic N) is 2. The summed E-state index contributed by atoms with van der Waals surface area (Å²) in [4.78, 5) is 0. The van der Waals surface area contributed by atoms with E-state index in [2.05, 4.69) is 60.5 Å². The second-order valence-electron chi connectivity index (χ2n) is 4.44. The highest BCUT2D eigenvalue weighted by Gasteiger charge is 2.34. The Morgan fingerprint density at radius 1 is 1.23 bits per heavy atom. The van der Waals surface area contributed by atoms with E-state index < -0.39 is 0 Å². The van der Waals surface area contributed by atoms with E-state index in [9.17, 15) is 0 Å². The molecule has 2 unspecified atom stereocenters. The molecule has 1 rings (SSSR count). The van der Waals surface area contributed by atoms with E-state index in [0.717, 1.165) is 0 Å². The second-order valence-corrected chi connectivity index (χ2v) is 7.22. The molecule has 0 saturated carbocycles. The Kier molecular flexibility index (Phi) is 3.49. The zero-order chi connectivity index (χ0) is 10.1. The van der Waals surface area contributed by atoms with Crippen LogP contribution in [0.3, 0.4) is 0 Å². The quantitative estimate of drug-likeness (QED) is 0.552. The minimum Gasteiger partial charge on any atom is -0.164 e. The van der Waals surface area contributed by atoms with Crippen molar-refractivity contribution in [3.05, 3.63) is 0 Å². The molecule has 0 aromatic heterocycles. The van der Waals surface area contributed by atoms with Gasteiger partial charge in [0, 0.05) is 27.7 Å². The molecule has 0 aromatic carbocycles. The highest BCUT2D eigenvalue weighted by molar-refractivity contribution is 14.1.